The fraction of sp³-hybridized carbons (Fsp3) is 0.0800. The molecule has 3 aromatic carbocycles. The van der Waals surface area contributed by atoms with E-state index in [0.717, 1.165) is 32.4 Å². The fourth-order valence-electron chi connectivity index (χ4n) is 3.97. The van der Waals surface area contributed by atoms with E-state index in [1.54, 1.807) is 42.6 Å². The number of hydrogen-bond acceptors (Lipinski definition) is 3. The number of nitrogens with zero attached hydrogens (tertiary/aromatic N) is 3. The molecule has 0 spiro atoms. The second-order valence-corrected chi connectivity index (χ2v) is 7.57. The number of H-pyrrole nitrogens is 1. The summed E-state index contributed by atoms with van der Waals surface area (Å²) in [5, 5.41) is 5.58. The number of para-hydroxylation sites is 2. The minimum absolute atomic E-state index is 0.276. The van der Waals surface area contributed by atoms with Crippen LogP contribution >= 0.6 is 0 Å². The van der Waals surface area contributed by atoms with Gasteiger partial charge in [0.25, 0.3) is 5.56 Å². The highest BCUT2D eigenvalue weighted by Crippen LogP contribution is 2.25. The van der Waals surface area contributed by atoms with Crippen molar-refractivity contribution in [2.24, 2.45) is 5.10 Å². The van der Waals surface area contributed by atoms with Gasteiger partial charge in [-0.05, 0) is 42.8 Å². The van der Waals surface area contributed by atoms with Crippen molar-refractivity contribution in [1.82, 2.24) is 14.2 Å². The average molecular weight is 426 g/mol. The van der Waals surface area contributed by atoms with Gasteiger partial charge in [-0.25, -0.2) is 9.18 Å². The summed E-state index contributed by atoms with van der Waals surface area (Å²) in [6.07, 6.45) is 1.55. The Bertz CT molecular complexity index is 1610. The molecule has 2 aromatic heterocycles. The molecule has 0 unspecified atom stereocenters. The number of aromatic nitrogens is 3. The van der Waals surface area contributed by atoms with E-state index in [-0.39, 0.29) is 5.82 Å². The van der Waals surface area contributed by atoms with Crippen molar-refractivity contribution < 1.29 is 4.39 Å². The number of rotatable bonds is 4. The van der Waals surface area contributed by atoms with Crippen LogP contribution in [0.5, 0.6) is 0 Å². The number of benzene rings is 3. The lowest BCUT2D eigenvalue weighted by molar-refractivity contribution is 0.626. The maximum atomic E-state index is 13.3. The van der Waals surface area contributed by atoms with E-state index in [4.69, 9.17) is 0 Å². The summed E-state index contributed by atoms with van der Waals surface area (Å²) in [6, 6.07) is 21.1. The predicted octanol–water partition coefficient (Wildman–Crippen LogP) is 4.02. The van der Waals surface area contributed by atoms with Gasteiger partial charge in [0.15, 0.2) is 0 Å². The average Bonchev–Trinajstić information content (AvgIpc) is 3.06. The highest BCUT2D eigenvalue weighted by molar-refractivity contribution is 6.01. The fourth-order valence-corrected chi connectivity index (χ4v) is 3.97. The van der Waals surface area contributed by atoms with Crippen LogP contribution in [-0.4, -0.2) is 20.4 Å². The molecule has 0 aliphatic heterocycles. The number of fused-ring (bicyclic) bond motifs is 2. The van der Waals surface area contributed by atoms with Crippen molar-refractivity contribution in [2.45, 2.75) is 13.5 Å². The lowest BCUT2D eigenvalue weighted by Gasteiger charge is -2.08. The molecule has 7 heteroatoms. The van der Waals surface area contributed by atoms with Gasteiger partial charge in [-0.15, -0.1) is 4.68 Å². The normalized spacial score (nSPS) is 11.7. The Morgan fingerprint density at radius 3 is 2.41 bits per heavy atom. The highest BCUT2D eigenvalue weighted by Gasteiger charge is 2.13. The quantitative estimate of drug-likeness (QED) is 0.441. The van der Waals surface area contributed by atoms with E-state index in [2.05, 4.69) is 14.7 Å². The molecule has 0 saturated carbocycles. The Morgan fingerprint density at radius 1 is 0.938 bits per heavy atom. The van der Waals surface area contributed by atoms with Crippen molar-refractivity contribution in [1.29, 1.82) is 0 Å². The minimum Gasteiger partial charge on any atom is -0.340 e. The molecule has 5 aromatic rings. The summed E-state index contributed by atoms with van der Waals surface area (Å²) in [5.41, 5.74) is 3.06. The Kier molecular flexibility index (Phi) is 4.78. The lowest BCUT2D eigenvalue weighted by Crippen LogP contribution is -2.32. The van der Waals surface area contributed by atoms with Gasteiger partial charge in [-0.3, -0.25) is 4.79 Å². The Morgan fingerprint density at radius 2 is 1.62 bits per heavy atom. The van der Waals surface area contributed by atoms with E-state index < -0.39 is 11.2 Å². The van der Waals surface area contributed by atoms with Gasteiger partial charge in [-0.1, -0.05) is 42.5 Å². The number of hydrogen-bond donors (Lipinski definition) is 1. The Balaban J connectivity index is 1.63. The van der Waals surface area contributed by atoms with Crippen molar-refractivity contribution in [3.05, 3.63) is 116 Å². The van der Waals surface area contributed by atoms with Crippen LogP contribution in [0.3, 0.4) is 0 Å². The van der Waals surface area contributed by atoms with Gasteiger partial charge >= 0.3 is 5.69 Å². The van der Waals surface area contributed by atoms with E-state index in [9.17, 15) is 14.0 Å². The van der Waals surface area contributed by atoms with Crippen LogP contribution in [-0.2, 0) is 6.54 Å². The summed E-state index contributed by atoms with van der Waals surface area (Å²) in [5.74, 6) is -0.276. The van der Waals surface area contributed by atoms with Crippen LogP contribution in [0.1, 0.15) is 16.8 Å². The molecule has 0 atom stereocenters. The van der Waals surface area contributed by atoms with Crippen molar-refractivity contribution in [2.75, 3.05) is 0 Å². The third-order valence-corrected chi connectivity index (χ3v) is 5.62. The Hall–Kier alpha value is -4.26. The van der Waals surface area contributed by atoms with Crippen LogP contribution < -0.4 is 11.2 Å². The molecule has 0 saturated heterocycles. The zero-order valence-electron chi connectivity index (χ0n) is 17.2. The van der Waals surface area contributed by atoms with Crippen molar-refractivity contribution in [3.8, 4) is 0 Å². The maximum absolute atomic E-state index is 13.3. The molecule has 2 heterocycles. The largest absolute Gasteiger partial charge is 0.349 e. The van der Waals surface area contributed by atoms with Crippen LogP contribution in [0.15, 0.2) is 87.5 Å². The first-order valence-corrected chi connectivity index (χ1v) is 10.1. The van der Waals surface area contributed by atoms with Gasteiger partial charge in [0.2, 0.25) is 0 Å². The molecule has 0 fully saturated rings. The van der Waals surface area contributed by atoms with Gasteiger partial charge in [-0.2, -0.15) is 5.10 Å². The summed E-state index contributed by atoms with van der Waals surface area (Å²) >= 11 is 0. The van der Waals surface area contributed by atoms with Crippen LogP contribution in [0, 0.1) is 12.7 Å². The van der Waals surface area contributed by atoms with E-state index >= 15 is 0 Å². The third kappa shape index (κ3) is 3.33. The first-order valence-electron chi connectivity index (χ1n) is 10.1. The molecule has 1 N–H and O–H groups in total. The van der Waals surface area contributed by atoms with E-state index in [1.807, 2.05) is 31.2 Å². The molecular formula is C25H19FN4O2. The minimum atomic E-state index is -0.599. The molecule has 158 valence electrons. The second kappa shape index (κ2) is 7.77. The lowest BCUT2D eigenvalue weighted by atomic mass is 10.1. The first-order chi connectivity index (χ1) is 15.5. The summed E-state index contributed by atoms with van der Waals surface area (Å²) < 4.78 is 16.3. The van der Waals surface area contributed by atoms with E-state index in [1.165, 1.54) is 12.1 Å². The molecule has 0 aliphatic rings. The van der Waals surface area contributed by atoms with Crippen LogP contribution in [0.2, 0.25) is 0 Å². The molecule has 6 nitrogen and oxygen atoms in total. The summed E-state index contributed by atoms with van der Waals surface area (Å²) in [6.45, 7) is 2.51. The maximum Gasteiger partial charge on any atom is 0.349 e. The van der Waals surface area contributed by atoms with Gasteiger partial charge in [0.1, 0.15) is 5.82 Å². The molecule has 5 rings (SSSR count). The smallest absolute Gasteiger partial charge is 0.340 e. The zero-order valence-corrected chi connectivity index (χ0v) is 17.2. The van der Waals surface area contributed by atoms with Crippen molar-refractivity contribution >= 4 is 28.0 Å². The molecule has 0 bridgehead atoms. The monoisotopic (exact) mass is 426 g/mol. The number of aromatic amines is 1. The van der Waals surface area contributed by atoms with E-state index in [0.29, 0.717) is 17.4 Å². The standard InChI is InChI=1S/C25H19FN4O2/c1-16-21(14-27-30-24(31)20-7-2-4-8-22(20)28-25(30)32)19-6-3-5-9-23(19)29(16)15-17-10-12-18(26)13-11-17/h2-14H,15H2,1H3,(H,28,32). The highest BCUT2D eigenvalue weighted by atomic mass is 19.1. The number of nitrogens with one attached hydrogen (secondary N) is 1. The molecule has 0 radical (unpaired) electrons. The number of halogens is 1. The van der Waals surface area contributed by atoms with Gasteiger partial charge in [0, 0.05) is 28.7 Å². The van der Waals surface area contributed by atoms with Crippen LogP contribution in [0.25, 0.3) is 21.8 Å². The van der Waals surface area contributed by atoms with Crippen molar-refractivity contribution in [3.63, 3.8) is 0 Å². The summed E-state index contributed by atoms with van der Waals surface area (Å²) in [4.78, 5) is 27.9. The second-order valence-electron chi connectivity index (χ2n) is 7.57. The van der Waals surface area contributed by atoms with Gasteiger partial charge in [0.05, 0.1) is 17.1 Å². The van der Waals surface area contributed by atoms with Crippen LogP contribution in [0.4, 0.5) is 4.39 Å². The third-order valence-electron chi connectivity index (χ3n) is 5.62. The van der Waals surface area contributed by atoms with Gasteiger partial charge < -0.3 is 9.55 Å². The first kappa shape index (κ1) is 19.7. The molecule has 0 amide bonds. The molecule has 0 aliphatic carbocycles. The SMILES string of the molecule is Cc1c(C=Nn2c(=O)[nH]c3ccccc3c2=O)c2ccccc2n1Cc1ccc(F)cc1. The molecule has 32 heavy (non-hydrogen) atoms. The predicted molar refractivity (Wildman–Crippen MR) is 124 cm³/mol. The topological polar surface area (TPSA) is 72.2 Å². The zero-order chi connectivity index (χ0) is 22.2. The summed E-state index contributed by atoms with van der Waals surface area (Å²) in [7, 11) is 0. The Labute approximate surface area is 181 Å². The molecular weight excluding hydrogens is 407 g/mol.